The minimum Gasteiger partial charge on any atom is -0.492 e. The van der Waals surface area contributed by atoms with Gasteiger partial charge >= 0.3 is 0 Å². The summed E-state index contributed by atoms with van der Waals surface area (Å²) in [4.78, 5) is 12.4. The predicted octanol–water partition coefficient (Wildman–Crippen LogP) is 3.88. The number of hydrogen-bond donors (Lipinski definition) is 1. The molecule has 5 nitrogen and oxygen atoms in total. The average Bonchev–Trinajstić information content (AvgIpc) is 2.56. The van der Waals surface area contributed by atoms with Gasteiger partial charge in [-0.2, -0.15) is 5.26 Å². The van der Waals surface area contributed by atoms with Crippen LogP contribution in [0.5, 0.6) is 5.75 Å². The topological polar surface area (TPSA) is 71.3 Å². The Morgan fingerprint density at radius 2 is 2.09 bits per heavy atom. The predicted molar refractivity (Wildman–Crippen MR) is 90.5 cm³/mol. The quantitative estimate of drug-likeness (QED) is 0.701. The fourth-order valence-electron chi connectivity index (χ4n) is 2.20. The molecule has 0 aliphatic carbocycles. The highest BCUT2D eigenvalue weighted by atomic mass is 16.5. The number of benzene rings is 1. The lowest BCUT2D eigenvalue weighted by molar-refractivity contribution is -0.136. The molecule has 1 amide bonds. The lowest BCUT2D eigenvalue weighted by Gasteiger charge is -2.26. The van der Waals surface area contributed by atoms with Gasteiger partial charge in [0.15, 0.2) is 0 Å². The minimum absolute atomic E-state index is 0.217. The first kappa shape index (κ1) is 19.0. The maximum absolute atomic E-state index is 12.4. The highest BCUT2D eigenvalue weighted by Crippen LogP contribution is 2.24. The largest absolute Gasteiger partial charge is 0.492 e. The third-order valence-electron chi connectivity index (χ3n) is 3.77. The van der Waals surface area contributed by atoms with Gasteiger partial charge < -0.3 is 14.8 Å². The molecule has 0 bridgehead atoms. The van der Waals surface area contributed by atoms with Gasteiger partial charge in [-0.05, 0) is 38.0 Å². The first-order chi connectivity index (χ1) is 11.0. The molecule has 1 rings (SSSR count). The van der Waals surface area contributed by atoms with Crippen LogP contribution in [-0.4, -0.2) is 25.2 Å². The lowest BCUT2D eigenvalue weighted by atomic mass is 9.99. The molecule has 126 valence electrons. The fourth-order valence-corrected chi connectivity index (χ4v) is 2.20. The molecular weight excluding hydrogens is 292 g/mol. The SMILES string of the molecule is CCCCOc1ccc(NC(=O)[C@](C)(CCC)OC)cc1C#N. The smallest absolute Gasteiger partial charge is 0.256 e. The molecule has 1 aromatic carbocycles. The molecule has 0 aliphatic rings. The van der Waals surface area contributed by atoms with Crippen molar-refractivity contribution in [3.05, 3.63) is 23.8 Å². The van der Waals surface area contributed by atoms with Crippen LogP contribution in [0.15, 0.2) is 18.2 Å². The van der Waals surface area contributed by atoms with Gasteiger partial charge in [0.1, 0.15) is 17.4 Å². The van der Waals surface area contributed by atoms with Crippen molar-refractivity contribution in [2.24, 2.45) is 0 Å². The van der Waals surface area contributed by atoms with Crippen molar-refractivity contribution in [1.29, 1.82) is 5.26 Å². The van der Waals surface area contributed by atoms with Crippen molar-refractivity contribution >= 4 is 11.6 Å². The van der Waals surface area contributed by atoms with Crippen molar-refractivity contribution in [1.82, 2.24) is 0 Å². The number of hydrogen-bond acceptors (Lipinski definition) is 4. The van der Waals surface area contributed by atoms with Gasteiger partial charge in [0.25, 0.3) is 5.91 Å². The Balaban J connectivity index is 2.86. The summed E-state index contributed by atoms with van der Waals surface area (Å²) in [6.07, 6.45) is 3.43. The van der Waals surface area contributed by atoms with E-state index in [1.54, 1.807) is 25.1 Å². The van der Waals surface area contributed by atoms with E-state index >= 15 is 0 Å². The van der Waals surface area contributed by atoms with Gasteiger partial charge in [0, 0.05) is 12.8 Å². The summed E-state index contributed by atoms with van der Waals surface area (Å²) in [7, 11) is 1.53. The molecule has 0 fully saturated rings. The molecule has 0 saturated heterocycles. The van der Waals surface area contributed by atoms with Gasteiger partial charge in [-0.3, -0.25) is 4.79 Å². The molecule has 0 spiro atoms. The molecule has 1 N–H and O–H groups in total. The number of methoxy groups -OCH3 is 1. The van der Waals surface area contributed by atoms with E-state index in [1.807, 2.05) is 6.92 Å². The number of carbonyl (C=O) groups is 1. The van der Waals surface area contributed by atoms with Crippen molar-refractivity contribution in [3.63, 3.8) is 0 Å². The number of rotatable bonds is 9. The Labute approximate surface area is 138 Å². The Kier molecular flexibility index (Phi) is 7.56. The van der Waals surface area contributed by atoms with E-state index < -0.39 is 5.60 Å². The van der Waals surface area contributed by atoms with E-state index in [0.717, 1.165) is 19.3 Å². The second kappa shape index (κ2) is 9.16. The monoisotopic (exact) mass is 318 g/mol. The van der Waals surface area contributed by atoms with Gasteiger partial charge in [-0.15, -0.1) is 0 Å². The number of nitrogens with zero attached hydrogens (tertiary/aromatic N) is 1. The van der Waals surface area contributed by atoms with Crippen LogP contribution in [0, 0.1) is 11.3 Å². The van der Waals surface area contributed by atoms with E-state index in [9.17, 15) is 10.1 Å². The van der Waals surface area contributed by atoms with Crippen molar-refractivity contribution < 1.29 is 14.3 Å². The summed E-state index contributed by atoms with van der Waals surface area (Å²) >= 11 is 0. The Bertz CT molecular complexity index is 566. The minimum atomic E-state index is -0.877. The number of carbonyl (C=O) groups excluding carboxylic acids is 1. The van der Waals surface area contributed by atoms with Crippen molar-refractivity contribution in [2.75, 3.05) is 19.0 Å². The Hall–Kier alpha value is -2.06. The third-order valence-corrected chi connectivity index (χ3v) is 3.77. The molecule has 0 aliphatic heterocycles. The maximum atomic E-state index is 12.4. The Morgan fingerprint density at radius 1 is 1.35 bits per heavy atom. The zero-order valence-electron chi connectivity index (χ0n) is 14.4. The van der Waals surface area contributed by atoms with Crippen LogP contribution in [0.3, 0.4) is 0 Å². The van der Waals surface area contributed by atoms with Crippen molar-refractivity contribution in [3.8, 4) is 11.8 Å². The number of amides is 1. The zero-order valence-corrected chi connectivity index (χ0v) is 14.4. The van der Waals surface area contributed by atoms with E-state index in [0.29, 0.717) is 30.0 Å². The summed E-state index contributed by atoms with van der Waals surface area (Å²) in [6, 6.07) is 7.19. The van der Waals surface area contributed by atoms with Crippen LogP contribution in [0.25, 0.3) is 0 Å². The Morgan fingerprint density at radius 3 is 2.65 bits per heavy atom. The standard InChI is InChI=1S/C18H26N2O3/c1-5-7-11-23-16-9-8-15(12-14(16)13-19)20-17(21)18(3,22-4)10-6-2/h8-9,12H,5-7,10-11H2,1-4H3,(H,20,21)/t18-/m0/s1. The fraction of sp³-hybridized carbons (Fsp3) is 0.556. The number of nitrogens with one attached hydrogen (secondary N) is 1. The summed E-state index contributed by atoms with van der Waals surface area (Å²) in [5.74, 6) is 0.326. The normalized spacial score (nSPS) is 13.0. The van der Waals surface area contributed by atoms with Crippen molar-refractivity contribution in [2.45, 2.75) is 52.1 Å². The van der Waals surface area contributed by atoms with E-state index in [-0.39, 0.29) is 5.91 Å². The first-order valence-corrected chi connectivity index (χ1v) is 8.04. The second-order valence-electron chi connectivity index (χ2n) is 5.66. The molecule has 23 heavy (non-hydrogen) atoms. The molecule has 0 saturated carbocycles. The van der Waals surface area contributed by atoms with Gasteiger partial charge in [0.2, 0.25) is 0 Å². The number of ether oxygens (including phenoxy) is 2. The molecule has 5 heteroatoms. The van der Waals surface area contributed by atoms with Crippen LogP contribution in [0.1, 0.15) is 52.0 Å². The van der Waals surface area contributed by atoms with Gasteiger partial charge in [-0.25, -0.2) is 0 Å². The molecule has 0 radical (unpaired) electrons. The number of nitriles is 1. The van der Waals surface area contributed by atoms with Crippen LogP contribution in [0.2, 0.25) is 0 Å². The van der Waals surface area contributed by atoms with Gasteiger partial charge in [-0.1, -0.05) is 26.7 Å². The number of anilines is 1. The average molecular weight is 318 g/mol. The van der Waals surface area contributed by atoms with Gasteiger partial charge in [0.05, 0.1) is 12.2 Å². The summed E-state index contributed by atoms with van der Waals surface area (Å²) in [5, 5.41) is 12.1. The zero-order chi connectivity index (χ0) is 17.3. The van der Waals surface area contributed by atoms with E-state index in [4.69, 9.17) is 9.47 Å². The molecular formula is C18H26N2O3. The summed E-state index contributed by atoms with van der Waals surface area (Å²) in [6.45, 7) is 6.42. The number of unbranched alkanes of at least 4 members (excludes halogenated alkanes) is 1. The highest BCUT2D eigenvalue weighted by molar-refractivity contribution is 5.97. The molecule has 0 heterocycles. The van der Waals surface area contributed by atoms with Crippen LogP contribution < -0.4 is 10.1 Å². The third kappa shape index (κ3) is 5.26. The molecule has 0 unspecified atom stereocenters. The molecule has 1 atom stereocenters. The maximum Gasteiger partial charge on any atom is 0.256 e. The summed E-state index contributed by atoms with van der Waals surface area (Å²) in [5.41, 5.74) is 0.0972. The van der Waals surface area contributed by atoms with Crippen LogP contribution in [0.4, 0.5) is 5.69 Å². The van der Waals surface area contributed by atoms with Crippen LogP contribution >= 0.6 is 0 Å². The van der Waals surface area contributed by atoms with Crippen LogP contribution in [-0.2, 0) is 9.53 Å². The highest BCUT2D eigenvalue weighted by Gasteiger charge is 2.32. The van der Waals surface area contributed by atoms with E-state index in [2.05, 4.69) is 18.3 Å². The van der Waals surface area contributed by atoms with E-state index in [1.165, 1.54) is 7.11 Å². The summed E-state index contributed by atoms with van der Waals surface area (Å²) < 4.78 is 11.0. The second-order valence-corrected chi connectivity index (χ2v) is 5.66. The first-order valence-electron chi connectivity index (χ1n) is 8.04. The molecule has 1 aromatic rings. The lowest BCUT2D eigenvalue weighted by Crippen LogP contribution is -2.41. The molecule has 0 aromatic heterocycles.